The van der Waals surface area contributed by atoms with Crippen LogP contribution in [0.25, 0.3) is 0 Å². The summed E-state index contributed by atoms with van der Waals surface area (Å²) in [4.78, 5) is 0. The molecule has 4 aliphatic rings. The molecule has 2 N–H and O–H groups in total. The molecule has 0 bridgehead atoms. The lowest BCUT2D eigenvalue weighted by molar-refractivity contribution is -0.0613. The standard InChI is InChI=1S/C29H50O2/c1-7-22(18(2)3)27(31)16-19(4)24-10-11-25-23-9-8-20-17-21(30)12-14-28(20,5)26(23)13-15-29(24,25)6/h8,18-19,21-27,30-31H,7,9-17H2,1-6H3/t19?,21-,22?,23-,24+,25-,26-,27?,28-,29+/m0/s1. The topological polar surface area (TPSA) is 40.5 Å². The maximum atomic E-state index is 11.0. The van der Waals surface area contributed by atoms with Crippen molar-refractivity contribution in [2.75, 3.05) is 0 Å². The number of hydrogen-bond acceptors (Lipinski definition) is 2. The Labute approximate surface area is 192 Å². The molecule has 0 aromatic heterocycles. The van der Waals surface area contributed by atoms with Crippen LogP contribution in [-0.4, -0.2) is 22.4 Å². The molecule has 0 saturated heterocycles. The van der Waals surface area contributed by atoms with Gasteiger partial charge in [0.1, 0.15) is 0 Å². The Kier molecular flexibility index (Phi) is 6.75. The third kappa shape index (κ3) is 3.96. The Morgan fingerprint density at radius 1 is 1.03 bits per heavy atom. The predicted molar refractivity (Wildman–Crippen MR) is 130 cm³/mol. The summed E-state index contributed by atoms with van der Waals surface area (Å²) in [5.41, 5.74) is 2.38. The van der Waals surface area contributed by atoms with E-state index < -0.39 is 0 Å². The number of aliphatic hydroxyl groups is 2. The molecule has 0 heterocycles. The second-order valence-corrected chi connectivity index (χ2v) is 13.0. The average molecular weight is 431 g/mol. The van der Waals surface area contributed by atoms with Gasteiger partial charge in [-0.2, -0.15) is 0 Å². The van der Waals surface area contributed by atoms with Crippen molar-refractivity contribution in [3.05, 3.63) is 11.6 Å². The van der Waals surface area contributed by atoms with Crippen molar-refractivity contribution in [1.29, 1.82) is 0 Å². The fraction of sp³-hybridized carbons (Fsp3) is 0.931. The van der Waals surface area contributed by atoms with Crippen molar-refractivity contribution >= 4 is 0 Å². The van der Waals surface area contributed by atoms with Crippen LogP contribution in [0, 0.1) is 52.3 Å². The monoisotopic (exact) mass is 430 g/mol. The second kappa shape index (κ2) is 8.79. The summed E-state index contributed by atoms with van der Waals surface area (Å²) in [5.74, 6) is 4.89. The first kappa shape index (κ1) is 23.8. The highest BCUT2D eigenvalue weighted by atomic mass is 16.3. The minimum absolute atomic E-state index is 0.106. The molecule has 2 nitrogen and oxygen atoms in total. The van der Waals surface area contributed by atoms with Gasteiger partial charge in [0.25, 0.3) is 0 Å². The Bertz CT molecular complexity index is 668. The zero-order chi connectivity index (χ0) is 22.6. The van der Waals surface area contributed by atoms with Crippen LogP contribution < -0.4 is 0 Å². The first-order valence-electron chi connectivity index (χ1n) is 13.7. The molecule has 4 aliphatic carbocycles. The highest BCUT2D eigenvalue weighted by molar-refractivity contribution is 5.25. The molecule has 0 spiro atoms. The van der Waals surface area contributed by atoms with Gasteiger partial charge in [0.15, 0.2) is 0 Å². The van der Waals surface area contributed by atoms with Crippen LogP contribution in [-0.2, 0) is 0 Å². The SMILES string of the molecule is CCC(C(C)C)C(O)CC(C)[C@H]1CC[C@H]2[C@@H]3CC=C4C[C@@H](O)CC[C@]4(C)[C@H]3CC[C@]12C. The lowest BCUT2D eigenvalue weighted by Gasteiger charge is -2.58. The lowest BCUT2D eigenvalue weighted by Crippen LogP contribution is -2.51. The number of fused-ring (bicyclic) bond motifs is 5. The predicted octanol–water partition coefficient (Wildman–Crippen LogP) is 7.00. The van der Waals surface area contributed by atoms with Gasteiger partial charge in [-0.3, -0.25) is 0 Å². The van der Waals surface area contributed by atoms with Gasteiger partial charge >= 0.3 is 0 Å². The molecule has 0 amide bonds. The number of aliphatic hydroxyl groups excluding tert-OH is 2. The van der Waals surface area contributed by atoms with E-state index in [-0.39, 0.29) is 12.2 Å². The summed E-state index contributed by atoms with van der Waals surface area (Å²) in [7, 11) is 0. The molecular weight excluding hydrogens is 380 g/mol. The minimum atomic E-state index is -0.147. The van der Waals surface area contributed by atoms with Gasteiger partial charge in [-0.15, -0.1) is 0 Å². The Morgan fingerprint density at radius 2 is 1.77 bits per heavy atom. The summed E-state index contributed by atoms with van der Waals surface area (Å²) in [6.45, 7) is 14.4. The van der Waals surface area contributed by atoms with E-state index in [2.05, 4.69) is 47.6 Å². The van der Waals surface area contributed by atoms with Gasteiger partial charge < -0.3 is 10.2 Å². The van der Waals surface area contributed by atoms with Crippen molar-refractivity contribution < 1.29 is 10.2 Å². The quantitative estimate of drug-likeness (QED) is 0.446. The largest absolute Gasteiger partial charge is 0.393 e. The molecule has 0 radical (unpaired) electrons. The van der Waals surface area contributed by atoms with Crippen LogP contribution in [0.4, 0.5) is 0 Å². The van der Waals surface area contributed by atoms with Crippen molar-refractivity contribution in [2.45, 2.75) is 118 Å². The van der Waals surface area contributed by atoms with E-state index in [0.717, 1.165) is 49.4 Å². The molecule has 0 aromatic carbocycles. The first-order valence-corrected chi connectivity index (χ1v) is 13.7. The molecule has 0 aromatic rings. The maximum absolute atomic E-state index is 11.0. The van der Waals surface area contributed by atoms with E-state index in [1.807, 2.05) is 0 Å². The fourth-order valence-corrected chi connectivity index (χ4v) is 9.52. The Hall–Kier alpha value is -0.340. The zero-order valence-corrected chi connectivity index (χ0v) is 21.2. The molecule has 4 rings (SSSR count). The molecular formula is C29H50O2. The molecule has 10 atom stereocenters. The third-order valence-corrected chi connectivity index (χ3v) is 11.3. The average Bonchev–Trinajstić information content (AvgIpc) is 3.06. The molecule has 3 unspecified atom stereocenters. The molecule has 0 aliphatic heterocycles. The van der Waals surface area contributed by atoms with Crippen molar-refractivity contribution in [3.8, 4) is 0 Å². The molecule has 3 saturated carbocycles. The fourth-order valence-electron chi connectivity index (χ4n) is 9.52. The van der Waals surface area contributed by atoms with E-state index in [9.17, 15) is 10.2 Å². The van der Waals surface area contributed by atoms with Crippen molar-refractivity contribution in [3.63, 3.8) is 0 Å². The van der Waals surface area contributed by atoms with Crippen molar-refractivity contribution in [1.82, 2.24) is 0 Å². The number of hydrogen-bond donors (Lipinski definition) is 2. The third-order valence-electron chi connectivity index (χ3n) is 11.3. The maximum Gasteiger partial charge on any atom is 0.0577 e. The summed E-state index contributed by atoms with van der Waals surface area (Å²) in [5, 5.41) is 21.3. The van der Waals surface area contributed by atoms with E-state index in [1.165, 1.54) is 38.5 Å². The Balaban J connectivity index is 1.49. The highest BCUT2D eigenvalue weighted by Crippen LogP contribution is 2.67. The van der Waals surface area contributed by atoms with Crippen LogP contribution in [0.1, 0.15) is 106 Å². The summed E-state index contributed by atoms with van der Waals surface area (Å²) < 4.78 is 0. The Morgan fingerprint density at radius 3 is 2.45 bits per heavy atom. The lowest BCUT2D eigenvalue weighted by atomic mass is 9.47. The minimum Gasteiger partial charge on any atom is -0.393 e. The van der Waals surface area contributed by atoms with Crippen LogP contribution in [0.5, 0.6) is 0 Å². The normalized spacial score (nSPS) is 45.3. The highest BCUT2D eigenvalue weighted by Gasteiger charge is 2.59. The number of allylic oxidation sites excluding steroid dienone is 1. The van der Waals surface area contributed by atoms with Gasteiger partial charge in [0, 0.05) is 0 Å². The van der Waals surface area contributed by atoms with E-state index in [0.29, 0.717) is 28.6 Å². The van der Waals surface area contributed by atoms with Crippen LogP contribution in [0.2, 0.25) is 0 Å². The van der Waals surface area contributed by atoms with Crippen molar-refractivity contribution in [2.24, 2.45) is 52.3 Å². The number of rotatable bonds is 6. The summed E-state index contributed by atoms with van der Waals surface area (Å²) >= 11 is 0. The van der Waals surface area contributed by atoms with Crippen LogP contribution >= 0.6 is 0 Å². The van der Waals surface area contributed by atoms with Gasteiger partial charge in [-0.1, -0.05) is 59.6 Å². The van der Waals surface area contributed by atoms with Gasteiger partial charge in [-0.05, 0) is 110 Å². The smallest absolute Gasteiger partial charge is 0.0577 e. The van der Waals surface area contributed by atoms with E-state index in [1.54, 1.807) is 5.57 Å². The molecule has 2 heteroatoms. The first-order chi connectivity index (χ1) is 14.6. The van der Waals surface area contributed by atoms with E-state index >= 15 is 0 Å². The van der Waals surface area contributed by atoms with E-state index in [4.69, 9.17) is 0 Å². The second-order valence-electron chi connectivity index (χ2n) is 13.0. The van der Waals surface area contributed by atoms with Gasteiger partial charge in [-0.25, -0.2) is 0 Å². The van der Waals surface area contributed by atoms with Crippen LogP contribution in [0.3, 0.4) is 0 Å². The zero-order valence-electron chi connectivity index (χ0n) is 21.2. The molecule has 178 valence electrons. The molecule has 3 fully saturated rings. The molecule has 31 heavy (non-hydrogen) atoms. The summed E-state index contributed by atoms with van der Waals surface area (Å²) in [6.07, 6.45) is 14.2. The van der Waals surface area contributed by atoms with Crippen LogP contribution in [0.15, 0.2) is 11.6 Å². The summed E-state index contributed by atoms with van der Waals surface area (Å²) in [6, 6.07) is 0. The van der Waals surface area contributed by atoms with Gasteiger partial charge in [0.2, 0.25) is 0 Å². The van der Waals surface area contributed by atoms with Gasteiger partial charge in [0.05, 0.1) is 12.2 Å².